The van der Waals surface area contributed by atoms with Crippen molar-refractivity contribution >= 4 is 22.7 Å². The largest absolute Gasteiger partial charge is 0.324 e. The lowest BCUT2D eigenvalue weighted by molar-refractivity contribution is 0.336. The number of nitrogens with zero attached hydrogens (tertiary/aromatic N) is 6. The number of alkyl halides is 1. The van der Waals surface area contributed by atoms with Crippen molar-refractivity contribution in [1.82, 2.24) is 34.6 Å². The lowest BCUT2D eigenvalue weighted by Gasteiger charge is -2.27. The third-order valence-corrected chi connectivity index (χ3v) is 7.26. The molecule has 0 atom stereocenters. The maximum absolute atomic E-state index is 13.6. The molecule has 1 fully saturated rings. The Balaban J connectivity index is 1.42. The van der Waals surface area contributed by atoms with E-state index in [0.29, 0.717) is 35.2 Å². The van der Waals surface area contributed by atoms with Gasteiger partial charge in [-0.1, -0.05) is 19.9 Å². The Hall–Kier alpha value is -3.66. The van der Waals surface area contributed by atoms with Crippen LogP contribution in [0, 0.1) is 0 Å². The van der Waals surface area contributed by atoms with Crippen molar-refractivity contribution in [2.75, 3.05) is 18.5 Å². The van der Waals surface area contributed by atoms with Gasteiger partial charge in [-0.3, -0.25) is 9.18 Å². The van der Waals surface area contributed by atoms with Gasteiger partial charge in [0.15, 0.2) is 11.5 Å². The molecular formula is C26H29FN8O. The van der Waals surface area contributed by atoms with Crippen molar-refractivity contribution in [3.63, 3.8) is 0 Å². The van der Waals surface area contributed by atoms with Gasteiger partial charge in [-0.15, -0.1) is 0 Å². The molecule has 0 saturated heterocycles. The second-order valence-corrected chi connectivity index (χ2v) is 10.3. The summed E-state index contributed by atoms with van der Waals surface area (Å²) in [5.41, 5.74) is 3.19. The van der Waals surface area contributed by atoms with Crippen LogP contribution in [0.15, 0.2) is 41.5 Å². The summed E-state index contributed by atoms with van der Waals surface area (Å²) in [4.78, 5) is 31.1. The quantitative estimate of drug-likeness (QED) is 0.428. The Morgan fingerprint density at radius 2 is 2.03 bits per heavy atom. The Kier molecular flexibility index (Phi) is 5.18. The predicted octanol–water partition coefficient (Wildman–Crippen LogP) is 3.52. The van der Waals surface area contributed by atoms with Crippen LogP contribution < -0.4 is 16.2 Å². The fourth-order valence-corrected chi connectivity index (χ4v) is 5.04. The number of fused-ring (bicyclic) bond motifs is 3. The lowest BCUT2D eigenvalue weighted by atomic mass is 9.92. The number of anilines is 2. The molecule has 0 amide bonds. The Bertz CT molecular complexity index is 1530. The van der Waals surface area contributed by atoms with Gasteiger partial charge in [-0.05, 0) is 49.4 Å². The lowest BCUT2D eigenvalue weighted by Crippen LogP contribution is -2.36. The van der Waals surface area contributed by atoms with Crippen LogP contribution in [0.2, 0.25) is 0 Å². The highest BCUT2D eigenvalue weighted by molar-refractivity contribution is 5.77. The number of benzene rings is 1. The Labute approximate surface area is 207 Å². The fourth-order valence-electron chi connectivity index (χ4n) is 5.04. The number of nitrogens with one attached hydrogen (secondary N) is 2. The van der Waals surface area contributed by atoms with Crippen LogP contribution in [0.1, 0.15) is 50.6 Å². The second kappa shape index (κ2) is 8.19. The van der Waals surface area contributed by atoms with Crippen LogP contribution >= 0.6 is 0 Å². The van der Waals surface area contributed by atoms with E-state index in [2.05, 4.69) is 43.8 Å². The van der Waals surface area contributed by atoms with Gasteiger partial charge in [-0.25, -0.2) is 24.3 Å². The van der Waals surface area contributed by atoms with Crippen LogP contribution in [0.4, 0.5) is 16.0 Å². The first-order valence-electron chi connectivity index (χ1n) is 12.4. The highest BCUT2D eigenvalue weighted by atomic mass is 19.1. The van der Waals surface area contributed by atoms with E-state index >= 15 is 0 Å². The third-order valence-electron chi connectivity index (χ3n) is 7.26. The first-order chi connectivity index (χ1) is 17.3. The van der Waals surface area contributed by atoms with Gasteiger partial charge in [0.25, 0.3) is 5.56 Å². The molecule has 36 heavy (non-hydrogen) atoms. The smallest absolute Gasteiger partial charge is 0.278 e. The summed E-state index contributed by atoms with van der Waals surface area (Å²) in [6.07, 6.45) is 6.49. The molecular weight excluding hydrogens is 459 g/mol. The molecule has 1 aliphatic heterocycles. The van der Waals surface area contributed by atoms with Crippen molar-refractivity contribution in [2.24, 2.45) is 0 Å². The van der Waals surface area contributed by atoms with Gasteiger partial charge in [-0.2, -0.15) is 4.98 Å². The average Bonchev–Trinajstić information content (AvgIpc) is 3.60. The van der Waals surface area contributed by atoms with Gasteiger partial charge in [0.05, 0.1) is 5.41 Å². The summed E-state index contributed by atoms with van der Waals surface area (Å²) >= 11 is 0. The summed E-state index contributed by atoms with van der Waals surface area (Å²) in [7, 11) is 0. The maximum atomic E-state index is 13.6. The normalized spacial score (nSPS) is 16.3. The van der Waals surface area contributed by atoms with Crippen molar-refractivity contribution in [2.45, 2.75) is 57.5 Å². The van der Waals surface area contributed by atoms with Gasteiger partial charge >= 0.3 is 0 Å². The highest BCUT2D eigenvalue weighted by Gasteiger charge is 2.46. The van der Waals surface area contributed by atoms with Gasteiger partial charge in [0.1, 0.15) is 17.9 Å². The summed E-state index contributed by atoms with van der Waals surface area (Å²) in [5.74, 6) is 1.21. The van der Waals surface area contributed by atoms with Crippen molar-refractivity contribution in [1.29, 1.82) is 0 Å². The maximum Gasteiger partial charge on any atom is 0.278 e. The van der Waals surface area contributed by atoms with Crippen LogP contribution in [-0.4, -0.2) is 42.5 Å². The van der Waals surface area contributed by atoms with Gasteiger partial charge in [0.2, 0.25) is 5.95 Å². The minimum absolute atomic E-state index is 0.174. The molecule has 1 aromatic carbocycles. The summed E-state index contributed by atoms with van der Waals surface area (Å²) in [6.45, 7) is 6.16. The fraction of sp³-hybridized carbons (Fsp3) is 0.423. The molecule has 9 nitrogen and oxygen atoms in total. The average molecular weight is 489 g/mol. The predicted molar refractivity (Wildman–Crippen MR) is 136 cm³/mol. The van der Waals surface area contributed by atoms with Crippen LogP contribution in [0.5, 0.6) is 0 Å². The number of aromatic nitrogens is 6. The number of halogens is 1. The van der Waals surface area contributed by atoms with E-state index in [0.717, 1.165) is 18.7 Å². The van der Waals surface area contributed by atoms with E-state index in [1.54, 1.807) is 41.7 Å². The zero-order valence-electron chi connectivity index (χ0n) is 20.7. The zero-order valence-corrected chi connectivity index (χ0v) is 20.7. The van der Waals surface area contributed by atoms with Crippen molar-refractivity contribution < 1.29 is 4.39 Å². The first kappa shape index (κ1) is 22.8. The molecule has 10 heteroatoms. The minimum atomic E-state index is -0.848. The van der Waals surface area contributed by atoms with E-state index in [1.165, 1.54) is 24.0 Å². The highest BCUT2D eigenvalue weighted by Crippen LogP contribution is 2.48. The number of rotatable bonds is 6. The van der Waals surface area contributed by atoms with E-state index in [4.69, 9.17) is 4.98 Å². The number of hydrogen-bond donors (Lipinski definition) is 2. The molecule has 1 aliphatic carbocycles. The van der Waals surface area contributed by atoms with E-state index in [9.17, 15) is 9.18 Å². The third kappa shape index (κ3) is 3.59. The van der Waals surface area contributed by atoms with Crippen molar-refractivity contribution in [3.8, 4) is 5.82 Å². The summed E-state index contributed by atoms with van der Waals surface area (Å²) in [5, 5.41) is 7.36. The molecule has 0 bridgehead atoms. The van der Waals surface area contributed by atoms with E-state index in [-0.39, 0.29) is 11.1 Å². The first-order valence-corrected chi connectivity index (χ1v) is 12.4. The molecule has 186 valence electrons. The monoisotopic (exact) mass is 488 g/mol. The van der Waals surface area contributed by atoms with Crippen LogP contribution in [0.25, 0.3) is 16.9 Å². The zero-order chi connectivity index (χ0) is 25.1. The molecule has 2 N–H and O–H groups in total. The molecule has 1 spiro atoms. The van der Waals surface area contributed by atoms with E-state index in [1.807, 2.05) is 6.92 Å². The molecule has 0 unspecified atom stereocenters. The molecule has 4 aromatic rings. The van der Waals surface area contributed by atoms with E-state index < -0.39 is 12.1 Å². The molecule has 2 aliphatic rings. The molecule has 3 aromatic heterocycles. The molecule has 0 radical (unpaired) electrons. The second-order valence-electron chi connectivity index (χ2n) is 10.3. The minimum Gasteiger partial charge on any atom is -0.324 e. The van der Waals surface area contributed by atoms with Gasteiger partial charge in [0, 0.05) is 42.8 Å². The van der Waals surface area contributed by atoms with Crippen LogP contribution in [-0.2, 0) is 23.9 Å². The summed E-state index contributed by atoms with van der Waals surface area (Å²) < 4.78 is 16.9. The topological polar surface area (TPSA) is 103 Å². The van der Waals surface area contributed by atoms with Crippen molar-refractivity contribution in [3.05, 3.63) is 64.0 Å². The number of hydrogen-bond acceptors (Lipinski definition) is 7. The van der Waals surface area contributed by atoms with Crippen LogP contribution in [0.3, 0.4) is 0 Å². The molecule has 1 saturated carbocycles. The molecule has 4 heterocycles. The standard InChI is InChI=1S/C26H29FN8O/c1-4-34-22(36)18-14-29-24(31-17-5-6-19-16(13-17)7-12-30-26(19)9-10-26)33-21(18)35(34)20-8-11-28-23(32-20)25(2,3)15-27/h5-6,8,11,13-14,30H,4,7,9-10,12,15H2,1-3H3,(H,29,31,33). The van der Waals surface area contributed by atoms with Gasteiger partial charge < -0.3 is 10.6 Å². The SMILES string of the molecule is CCn1c(=O)c2cnc(Nc3ccc4c(c3)CCNC43CC3)nc2n1-c1ccnc(C(C)(C)CF)n1. The Morgan fingerprint density at radius 3 is 2.78 bits per heavy atom. The summed E-state index contributed by atoms with van der Waals surface area (Å²) in [6, 6.07) is 8.11. The Morgan fingerprint density at radius 1 is 1.19 bits per heavy atom. The molecule has 6 rings (SSSR count).